The van der Waals surface area contributed by atoms with E-state index in [1.807, 2.05) is 0 Å². The molecular weight excluding hydrogens is 260 g/mol. The summed E-state index contributed by atoms with van der Waals surface area (Å²) in [6, 6.07) is 0. The quantitative estimate of drug-likeness (QED) is 0.912. The van der Waals surface area contributed by atoms with Crippen LogP contribution in [0.4, 0.5) is 0 Å². The van der Waals surface area contributed by atoms with Crippen LogP contribution in [-0.2, 0) is 18.5 Å². The van der Waals surface area contributed by atoms with E-state index in [1.165, 1.54) is 21.8 Å². The molecule has 2 aromatic heterocycles. The molecule has 4 heteroatoms. The predicted octanol–water partition coefficient (Wildman–Crippen LogP) is 4.10. The fraction of sp³-hybridized carbons (Fsp3) is 0.500. The first-order chi connectivity index (χ1) is 8.47. The number of hydrogen-bond donors (Lipinski definition) is 1. The Hall–Kier alpha value is -0.710. The first kappa shape index (κ1) is 13.7. The molecule has 0 unspecified atom stereocenters. The van der Waals surface area contributed by atoms with Gasteiger partial charge in [-0.3, -0.25) is 0 Å². The van der Waals surface area contributed by atoms with Crippen LogP contribution in [0.5, 0.6) is 0 Å². The van der Waals surface area contributed by atoms with Crippen LogP contribution < -0.4 is 5.32 Å². The molecule has 0 amide bonds. The Morgan fingerprint density at radius 3 is 2.50 bits per heavy atom. The van der Waals surface area contributed by atoms with E-state index in [0.717, 1.165) is 13.1 Å². The van der Waals surface area contributed by atoms with Gasteiger partial charge in [0.1, 0.15) is 5.01 Å². The molecular formula is C14H20N2S2. The second-order valence-corrected chi connectivity index (χ2v) is 7.25. The molecule has 2 heterocycles. The van der Waals surface area contributed by atoms with Crippen molar-refractivity contribution in [2.45, 2.75) is 46.2 Å². The van der Waals surface area contributed by atoms with E-state index in [9.17, 15) is 0 Å². The Labute approximate surface area is 117 Å². The Morgan fingerprint density at radius 1 is 1.17 bits per heavy atom. The molecule has 1 N–H and O–H groups in total. The van der Waals surface area contributed by atoms with Crippen molar-refractivity contribution < 1.29 is 0 Å². The summed E-state index contributed by atoms with van der Waals surface area (Å²) in [6.07, 6.45) is 0. The third kappa shape index (κ3) is 3.40. The normalized spacial score (nSPS) is 12.0. The average Bonchev–Trinajstić information content (AvgIpc) is 2.88. The standard InChI is InChI=1S/C14H20N2S2/c1-10-7-17-8-11(10)5-15-6-13-16-12(9-18-13)14(2,3)4/h7-9,15H,5-6H2,1-4H3. The van der Waals surface area contributed by atoms with Gasteiger partial charge in [0.05, 0.1) is 5.69 Å². The highest BCUT2D eigenvalue weighted by Crippen LogP contribution is 2.23. The fourth-order valence-corrected chi connectivity index (χ4v) is 3.46. The highest BCUT2D eigenvalue weighted by Gasteiger charge is 2.17. The molecule has 2 nitrogen and oxygen atoms in total. The first-order valence-corrected chi connectivity index (χ1v) is 7.96. The van der Waals surface area contributed by atoms with Crippen LogP contribution in [0.15, 0.2) is 16.1 Å². The zero-order valence-corrected chi connectivity index (χ0v) is 13.0. The second kappa shape index (κ2) is 5.51. The van der Waals surface area contributed by atoms with E-state index in [1.54, 1.807) is 22.7 Å². The lowest BCUT2D eigenvalue weighted by Gasteiger charge is -2.14. The smallest absolute Gasteiger partial charge is 0.107 e. The summed E-state index contributed by atoms with van der Waals surface area (Å²) in [7, 11) is 0. The van der Waals surface area contributed by atoms with Gasteiger partial charge in [-0.25, -0.2) is 4.98 Å². The molecule has 0 aliphatic rings. The number of nitrogens with zero attached hydrogens (tertiary/aromatic N) is 1. The van der Waals surface area contributed by atoms with Crippen LogP contribution in [0.2, 0.25) is 0 Å². The molecule has 18 heavy (non-hydrogen) atoms. The molecule has 0 aliphatic carbocycles. The highest BCUT2D eigenvalue weighted by atomic mass is 32.1. The monoisotopic (exact) mass is 280 g/mol. The van der Waals surface area contributed by atoms with E-state index in [-0.39, 0.29) is 5.41 Å². The fourth-order valence-electron chi connectivity index (χ4n) is 1.61. The van der Waals surface area contributed by atoms with Gasteiger partial charge in [0.25, 0.3) is 0 Å². The summed E-state index contributed by atoms with van der Waals surface area (Å²) in [6.45, 7) is 10.6. The molecule has 2 rings (SSSR count). The molecule has 0 fully saturated rings. The van der Waals surface area contributed by atoms with Crippen molar-refractivity contribution in [2.75, 3.05) is 0 Å². The minimum Gasteiger partial charge on any atom is -0.306 e. The number of aromatic nitrogens is 1. The van der Waals surface area contributed by atoms with Crippen LogP contribution in [0, 0.1) is 6.92 Å². The van der Waals surface area contributed by atoms with Crippen LogP contribution in [0.1, 0.15) is 42.6 Å². The van der Waals surface area contributed by atoms with Crippen molar-refractivity contribution >= 4 is 22.7 Å². The molecule has 0 atom stereocenters. The lowest BCUT2D eigenvalue weighted by atomic mass is 9.93. The Kier molecular flexibility index (Phi) is 4.20. The molecule has 98 valence electrons. The molecule has 0 saturated carbocycles. The molecule has 0 aliphatic heterocycles. The largest absolute Gasteiger partial charge is 0.306 e. The number of aryl methyl sites for hydroxylation is 1. The van der Waals surface area contributed by atoms with Gasteiger partial charge in [0.2, 0.25) is 0 Å². The second-order valence-electron chi connectivity index (χ2n) is 5.56. The summed E-state index contributed by atoms with van der Waals surface area (Å²) in [5.74, 6) is 0. The van der Waals surface area contributed by atoms with Gasteiger partial charge < -0.3 is 5.32 Å². The van der Waals surface area contributed by atoms with E-state index in [4.69, 9.17) is 0 Å². The average molecular weight is 280 g/mol. The van der Waals surface area contributed by atoms with Crippen LogP contribution in [0.3, 0.4) is 0 Å². The molecule has 0 bridgehead atoms. The third-order valence-electron chi connectivity index (χ3n) is 2.87. The number of thiazole rings is 1. The van der Waals surface area contributed by atoms with Gasteiger partial charge in [-0.15, -0.1) is 11.3 Å². The Balaban J connectivity index is 1.88. The van der Waals surface area contributed by atoms with Crippen molar-refractivity contribution in [1.82, 2.24) is 10.3 Å². The van der Waals surface area contributed by atoms with Crippen LogP contribution >= 0.6 is 22.7 Å². The van der Waals surface area contributed by atoms with E-state index >= 15 is 0 Å². The zero-order valence-electron chi connectivity index (χ0n) is 11.4. The van der Waals surface area contributed by atoms with Crippen molar-refractivity contribution in [3.63, 3.8) is 0 Å². The first-order valence-electron chi connectivity index (χ1n) is 6.14. The van der Waals surface area contributed by atoms with E-state index in [0.29, 0.717) is 0 Å². The number of thiophene rings is 1. The van der Waals surface area contributed by atoms with Crippen LogP contribution in [-0.4, -0.2) is 4.98 Å². The Morgan fingerprint density at radius 2 is 1.94 bits per heavy atom. The topological polar surface area (TPSA) is 24.9 Å². The molecule has 2 aromatic rings. The third-order valence-corrected chi connectivity index (χ3v) is 4.63. The van der Waals surface area contributed by atoms with Crippen molar-refractivity contribution in [3.05, 3.63) is 38.0 Å². The Bertz CT molecular complexity index is 506. The maximum Gasteiger partial charge on any atom is 0.107 e. The summed E-state index contributed by atoms with van der Waals surface area (Å²) < 4.78 is 0. The molecule has 0 saturated heterocycles. The lowest BCUT2D eigenvalue weighted by molar-refractivity contribution is 0.568. The van der Waals surface area contributed by atoms with Gasteiger partial charge in [0.15, 0.2) is 0 Å². The molecule has 0 radical (unpaired) electrons. The predicted molar refractivity (Wildman–Crippen MR) is 80.4 cm³/mol. The maximum absolute atomic E-state index is 4.68. The zero-order chi connectivity index (χ0) is 13.2. The lowest BCUT2D eigenvalue weighted by Crippen LogP contribution is -2.14. The summed E-state index contributed by atoms with van der Waals surface area (Å²) in [4.78, 5) is 4.68. The van der Waals surface area contributed by atoms with Gasteiger partial charge in [0, 0.05) is 23.9 Å². The van der Waals surface area contributed by atoms with E-state index in [2.05, 4.69) is 54.1 Å². The molecule has 0 aromatic carbocycles. The van der Waals surface area contributed by atoms with Crippen LogP contribution in [0.25, 0.3) is 0 Å². The van der Waals surface area contributed by atoms with E-state index < -0.39 is 0 Å². The minimum atomic E-state index is 0.151. The number of hydrogen-bond acceptors (Lipinski definition) is 4. The van der Waals surface area contributed by atoms with Gasteiger partial charge >= 0.3 is 0 Å². The summed E-state index contributed by atoms with van der Waals surface area (Å²) >= 11 is 3.51. The van der Waals surface area contributed by atoms with Crippen molar-refractivity contribution in [2.24, 2.45) is 0 Å². The van der Waals surface area contributed by atoms with Gasteiger partial charge in [-0.05, 0) is 28.8 Å². The van der Waals surface area contributed by atoms with Gasteiger partial charge in [-0.2, -0.15) is 11.3 Å². The highest BCUT2D eigenvalue weighted by molar-refractivity contribution is 7.09. The molecule has 0 spiro atoms. The summed E-state index contributed by atoms with van der Waals surface area (Å²) in [5.41, 5.74) is 4.12. The number of nitrogens with one attached hydrogen (secondary N) is 1. The minimum absolute atomic E-state index is 0.151. The SMILES string of the molecule is Cc1cscc1CNCc1nc(C(C)(C)C)cs1. The van der Waals surface area contributed by atoms with Crippen molar-refractivity contribution in [3.8, 4) is 0 Å². The van der Waals surface area contributed by atoms with Gasteiger partial charge in [-0.1, -0.05) is 20.8 Å². The van der Waals surface area contributed by atoms with Crippen molar-refractivity contribution in [1.29, 1.82) is 0 Å². The maximum atomic E-state index is 4.68. The summed E-state index contributed by atoms with van der Waals surface area (Å²) in [5, 5.41) is 11.2. The number of rotatable bonds is 4.